The van der Waals surface area contributed by atoms with Crippen LogP contribution in [0.3, 0.4) is 0 Å². The quantitative estimate of drug-likeness (QED) is 0.746. The van der Waals surface area contributed by atoms with E-state index in [4.69, 9.17) is 4.98 Å². The number of hydrazine groups is 1. The van der Waals surface area contributed by atoms with Crippen molar-refractivity contribution in [1.29, 1.82) is 0 Å². The van der Waals surface area contributed by atoms with Crippen LogP contribution in [0.15, 0.2) is 18.3 Å². The zero-order valence-electron chi connectivity index (χ0n) is 15.4. The molecule has 4 heterocycles. The van der Waals surface area contributed by atoms with Crippen LogP contribution in [-0.4, -0.2) is 47.1 Å². The minimum absolute atomic E-state index is 0.0799. The number of nitrogens with zero attached hydrogens (tertiary/aromatic N) is 3. The van der Waals surface area contributed by atoms with Crippen LogP contribution in [0.1, 0.15) is 38.5 Å². The fourth-order valence-electron chi connectivity index (χ4n) is 4.70. The third-order valence-corrected chi connectivity index (χ3v) is 7.26. The molecular formula is C19H26N6OS. The minimum Gasteiger partial charge on any atom is -0.352 e. The Morgan fingerprint density at radius 1 is 1.19 bits per heavy atom. The number of hydrogen-bond donors (Lipinski definition) is 3. The predicted octanol–water partition coefficient (Wildman–Crippen LogP) is 1.81. The fourth-order valence-corrected chi connectivity index (χ4v) is 5.66. The Hall–Kier alpha value is -1.77. The average Bonchev–Trinajstić information content (AvgIpc) is 3.33. The highest BCUT2D eigenvalue weighted by atomic mass is 32.1. The normalized spacial score (nSPS) is 29.0. The maximum atomic E-state index is 12.8. The number of hydrogen-bond acceptors (Lipinski definition) is 7. The Labute approximate surface area is 162 Å². The number of amides is 1. The van der Waals surface area contributed by atoms with Gasteiger partial charge in [-0.1, -0.05) is 24.2 Å². The Balaban J connectivity index is 1.16. The van der Waals surface area contributed by atoms with E-state index in [2.05, 4.69) is 26.1 Å². The van der Waals surface area contributed by atoms with Crippen molar-refractivity contribution in [3.63, 3.8) is 0 Å². The van der Waals surface area contributed by atoms with Crippen molar-refractivity contribution >= 4 is 32.7 Å². The second-order valence-corrected chi connectivity index (χ2v) is 8.87. The number of rotatable bonds is 3. The summed E-state index contributed by atoms with van der Waals surface area (Å²) < 4.78 is 0. The summed E-state index contributed by atoms with van der Waals surface area (Å²) in [5.74, 6) is 0.605. The van der Waals surface area contributed by atoms with Gasteiger partial charge in [0, 0.05) is 37.3 Å². The highest BCUT2D eigenvalue weighted by Gasteiger charge is 2.41. The second-order valence-electron chi connectivity index (χ2n) is 7.92. The monoisotopic (exact) mass is 386 g/mol. The van der Waals surface area contributed by atoms with Crippen molar-refractivity contribution in [2.75, 3.05) is 18.0 Å². The van der Waals surface area contributed by atoms with Gasteiger partial charge in [-0.2, -0.15) is 0 Å². The minimum atomic E-state index is -0.0799. The van der Waals surface area contributed by atoms with Crippen LogP contribution in [-0.2, 0) is 4.79 Å². The maximum Gasteiger partial charge on any atom is 0.239 e. The second kappa shape index (κ2) is 7.33. The topological polar surface area (TPSA) is 82.2 Å². The van der Waals surface area contributed by atoms with Crippen LogP contribution in [0.2, 0.25) is 0 Å². The molecule has 3 fully saturated rings. The molecule has 2 saturated heterocycles. The van der Waals surface area contributed by atoms with Gasteiger partial charge in [-0.25, -0.2) is 15.4 Å². The third-order valence-electron chi connectivity index (χ3n) is 6.22. The van der Waals surface area contributed by atoms with Gasteiger partial charge in [0.1, 0.15) is 16.4 Å². The Morgan fingerprint density at radius 2 is 2.04 bits per heavy atom. The Morgan fingerprint density at radius 3 is 2.89 bits per heavy atom. The van der Waals surface area contributed by atoms with Gasteiger partial charge in [-0.3, -0.25) is 10.2 Å². The number of aromatic nitrogens is 2. The van der Waals surface area contributed by atoms with E-state index in [9.17, 15) is 4.79 Å². The number of anilines is 1. The van der Waals surface area contributed by atoms with Crippen LogP contribution in [0, 0.1) is 5.92 Å². The molecule has 3 aliphatic rings. The standard InChI is InChI=1S/C19H26N6OS/c26-17(16-13-4-1-2-5-14(13)23-24-16)21-12-7-10-25(11-8-12)19-22-15-6-3-9-20-18(15)27-19/h3,6,9,12-14,16,23-24H,1-2,4-5,7-8,10-11H2,(H,21,26). The van der Waals surface area contributed by atoms with E-state index in [1.807, 2.05) is 18.3 Å². The lowest BCUT2D eigenvalue weighted by atomic mass is 9.81. The summed E-state index contributed by atoms with van der Waals surface area (Å²) in [7, 11) is 0. The zero-order valence-corrected chi connectivity index (χ0v) is 16.2. The van der Waals surface area contributed by atoms with E-state index in [-0.39, 0.29) is 18.0 Å². The number of piperidine rings is 1. The first-order chi connectivity index (χ1) is 13.3. The summed E-state index contributed by atoms with van der Waals surface area (Å²) in [6.07, 6.45) is 8.57. The van der Waals surface area contributed by atoms with Gasteiger partial charge in [-0.05, 0) is 37.8 Å². The maximum absolute atomic E-state index is 12.8. The van der Waals surface area contributed by atoms with Gasteiger partial charge in [0.25, 0.3) is 0 Å². The molecule has 2 aromatic heterocycles. The number of pyridine rings is 1. The number of nitrogens with one attached hydrogen (secondary N) is 3. The molecule has 3 N–H and O–H groups in total. The first-order valence-electron chi connectivity index (χ1n) is 10.1. The van der Waals surface area contributed by atoms with E-state index in [1.54, 1.807) is 11.3 Å². The van der Waals surface area contributed by atoms with Crippen LogP contribution in [0.4, 0.5) is 5.13 Å². The molecule has 3 unspecified atom stereocenters. The van der Waals surface area contributed by atoms with E-state index < -0.39 is 0 Å². The molecule has 27 heavy (non-hydrogen) atoms. The summed E-state index contributed by atoms with van der Waals surface area (Å²) in [6.45, 7) is 1.85. The van der Waals surface area contributed by atoms with Gasteiger partial charge < -0.3 is 10.2 Å². The Bertz CT molecular complexity index is 784. The molecule has 144 valence electrons. The summed E-state index contributed by atoms with van der Waals surface area (Å²) in [5, 5.41) is 4.34. The van der Waals surface area contributed by atoms with Crippen LogP contribution in [0.25, 0.3) is 10.3 Å². The molecule has 0 radical (unpaired) electrons. The third kappa shape index (κ3) is 3.41. The van der Waals surface area contributed by atoms with Crippen LogP contribution >= 0.6 is 11.3 Å². The highest BCUT2D eigenvalue weighted by molar-refractivity contribution is 7.21. The van der Waals surface area contributed by atoms with Crippen molar-refractivity contribution in [2.45, 2.75) is 56.7 Å². The number of thiazole rings is 1. The molecular weight excluding hydrogens is 360 g/mol. The molecule has 0 spiro atoms. The molecule has 7 nitrogen and oxygen atoms in total. The number of carbonyl (C=O) groups excluding carboxylic acids is 1. The zero-order chi connectivity index (χ0) is 18.2. The van der Waals surface area contributed by atoms with Crippen LogP contribution < -0.4 is 21.1 Å². The molecule has 2 aliphatic heterocycles. The number of fused-ring (bicyclic) bond motifs is 2. The molecule has 5 rings (SSSR count). The molecule has 8 heteroatoms. The van der Waals surface area contributed by atoms with E-state index in [0.29, 0.717) is 12.0 Å². The summed E-state index contributed by atoms with van der Waals surface area (Å²) in [4.78, 5) is 25.2. The lowest BCUT2D eigenvalue weighted by molar-refractivity contribution is -0.124. The summed E-state index contributed by atoms with van der Waals surface area (Å²) >= 11 is 1.65. The average molecular weight is 387 g/mol. The number of carbonyl (C=O) groups is 1. The highest BCUT2D eigenvalue weighted by Crippen LogP contribution is 2.31. The van der Waals surface area contributed by atoms with Crippen molar-refractivity contribution < 1.29 is 4.79 Å². The van der Waals surface area contributed by atoms with Crippen molar-refractivity contribution in [3.8, 4) is 0 Å². The van der Waals surface area contributed by atoms with Gasteiger partial charge in [0.2, 0.25) is 5.91 Å². The molecule has 1 aliphatic carbocycles. The largest absolute Gasteiger partial charge is 0.352 e. The van der Waals surface area contributed by atoms with E-state index in [1.165, 1.54) is 19.3 Å². The van der Waals surface area contributed by atoms with Crippen molar-refractivity contribution in [2.24, 2.45) is 5.92 Å². The summed E-state index contributed by atoms with van der Waals surface area (Å²) in [6, 6.07) is 4.57. The molecule has 1 saturated carbocycles. The Kier molecular flexibility index (Phi) is 4.71. The SMILES string of the molecule is O=C(NC1CCN(c2nc3cccnc3s2)CC1)C1NNC2CCCCC21. The summed E-state index contributed by atoms with van der Waals surface area (Å²) in [5.41, 5.74) is 7.55. The van der Waals surface area contributed by atoms with E-state index in [0.717, 1.165) is 47.8 Å². The van der Waals surface area contributed by atoms with Gasteiger partial charge in [0.15, 0.2) is 5.13 Å². The molecule has 2 aromatic rings. The molecule has 0 aromatic carbocycles. The lowest BCUT2D eigenvalue weighted by Gasteiger charge is -2.33. The first-order valence-corrected chi connectivity index (χ1v) is 10.9. The first kappa shape index (κ1) is 17.3. The van der Waals surface area contributed by atoms with Gasteiger partial charge in [-0.15, -0.1) is 0 Å². The van der Waals surface area contributed by atoms with E-state index >= 15 is 0 Å². The molecule has 1 amide bonds. The van der Waals surface area contributed by atoms with Gasteiger partial charge in [0.05, 0.1) is 0 Å². The van der Waals surface area contributed by atoms with Crippen LogP contribution in [0.5, 0.6) is 0 Å². The smallest absolute Gasteiger partial charge is 0.239 e. The molecule has 3 atom stereocenters. The van der Waals surface area contributed by atoms with Crippen molar-refractivity contribution in [1.82, 2.24) is 26.1 Å². The fraction of sp³-hybridized carbons (Fsp3) is 0.632. The van der Waals surface area contributed by atoms with Crippen molar-refractivity contribution in [3.05, 3.63) is 18.3 Å². The lowest BCUT2D eigenvalue weighted by Crippen LogP contribution is -2.52. The predicted molar refractivity (Wildman–Crippen MR) is 107 cm³/mol. The van der Waals surface area contributed by atoms with Gasteiger partial charge >= 0.3 is 0 Å². The molecule has 0 bridgehead atoms.